The SMILES string of the molecule is N=C(N)c1cc2c(C=Cc3ccc4c(c3)OCO4)cccc2s1. The molecule has 0 saturated carbocycles. The lowest BCUT2D eigenvalue weighted by Crippen LogP contribution is -2.08. The molecule has 114 valence electrons. The second-order valence-corrected chi connectivity index (χ2v) is 6.31. The number of thiophene rings is 1. The van der Waals surface area contributed by atoms with E-state index in [2.05, 4.69) is 12.1 Å². The number of benzene rings is 2. The molecule has 23 heavy (non-hydrogen) atoms. The third-order valence-corrected chi connectivity index (χ3v) is 4.85. The fraction of sp³-hybridized carbons (Fsp3) is 0.0556. The topological polar surface area (TPSA) is 68.3 Å². The molecule has 0 unspecified atom stereocenters. The lowest BCUT2D eigenvalue weighted by molar-refractivity contribution is 0.174. The first-order valence-electron chi connectivity index (χ1n) is 7.15. The van der Waals surface area contributed by atoms with Crippen molar-refractivity contribution in [3.8, 4) is 11.5 Å². The fourth-order valence-corrected chi connectivity index (χ4v) is 3.52. The Balaban J connectivity index is 1.70. The molecule has 0 aliphatic carbocycles. The molecule has 0 radical (unpaired) electrons. The van der Waals surface area contributed by atoms with Gasteiger partial charge in [0.15, 0.2) is 11.5 Å². The molecule has 1 aliphatic rings. The average Bonchev–Trinajstić information content (AvgIpc) is 3.18. The van der Waals surface area contributed by atoms with Crippen LogP contribution in [0.25, 0.3) is 22.2 Å². The zero-order valence-electron chi connectivity index (χ0n) is 12.2. The molecule has 1 aromatic heterocycles. The molecule has 0 bridgehead atoms. The van der Waals surface area contributed by atoms with Crippen molar-refractivity contribution in [2.75, 3.05) is 6.79 Å². The van der Waals surface area contributed by atoms with Crippen LogP contribution in [0.15, 0.2) is 42.5 Å². The third-order valence-electron chi connectivity index (χ3n) is 3.71. The van der Waals surface area contributed by atoms with Gasteiger partial charge in [-0.3, -0.25) is 5.41 Å². The largest absolute Gasteiger partial charge is 0.454 e. The standard InChI is InChI=1S/C18H14N2O2S/c19-18(20)17-9-13-12(2-1-3-16(13)23-17)6-4-11-5-7-14-15(8-11)22-10-21-14/h1-9H,10H2,(H3,19,20). The van der Waals surface area contributed by atoms with E-state index in [9.17, 15) is 0 Å². The van der Waals surface area contributed by atoms with Crippen molar-refractivity contribution in [1.82, 2.24) is 0 Å². The van der Waals surface area contributed by atoms with Crippen molar-refractivity contribution in [3.05, 3.63) is 58.5 Å². The van der Waals surface area contributed by atoms with Crippen LogP contribution in [0.1, 0.15) is 16.0 Å². The van der Waals surface area contributed by atoms with Gasteiger partial charge in [-0.05, 0) is 35.4 Å². The molecule has 1 aliphatic heterocycles. The van der Waals surface area contributed by atoms with Gasteiger partial charge >= 0.3 is 0 Å². The van der Waals surface area contributed by atoms with Crippen LogP contribution >= 0.6 is 11.3 Å². The Morgan fingerprint density at radius 1 is 1.09 bits per heavy atom. The van der Waals surface area contributed by atoms with Crippen LogP contribution in [0.2, 0.25) is 0 Å². The summed E-state index contributed by atoms with van der Waals surface area (Å²) in [6, 6.07) is 14.0. The summed E-state index contributed by atoms with van der Waals surface area (Å²) < 4.78 is 11.8. The quantitative estimate of drug-likeness (QED) is 0.433. The Morgan fingerprint density at radius 2 is 1.96 bits per heavy atom. The zero-order valence-corrected chi connectivity index (χ0v) is 13.0. The van der Waals surface area contributed by atoms with E-state index in [-0.39, 0.29) is 12.6 Å². The number of rotatable bonds is 3. The van der Waals surface area contributed by atoms with E-state index in [1.54, 1.807) is 0 Å². The Morgan fingerprint density at radius 3 is 2.83 bits per heavy atom. The van der Waals surface area contributed by atoms with E-state index in [4.69, 9.17) is 20.6 Å². The molecule has 4 rings (SSSR count). The van der Waals surface area contributed by atoms with Gasteiger partial charge < -0.3 is 15.2 Å². The zero-order chi connectivity index (χ0) is 15.8. The van der Waals surface area contributed by atoms with Crippen molar-refractivity contribution in [3.63, 3.8) is 0 Å². The molecular formula is C18H14N2O2S. The minimum absolute atomic E-state index is 0.108. The van der Waals surface area contributed by atoms with Crippen LogP contribution < -0.4 is 15.2 Å². The van der Waals surface area contributed by atoms with Crippen molar-refractivity contribution in [1.29, 1.82) is 5.41 Å². The number of hydrogen-bond donors (Lipinski definition) is 2. The van der Waals surface area contributed by atoms with E-state index >= 15 is 0 Å². The number of amidine groups is 1. The first-order valence-corrected chi connectivity index (χ1v) is 7.97. The van der Waals surface area contributed by atoms with Gasteiger partial charge in [-0.15, -0.1) is 11.3 Å². The average molecular weight is 322 g/mol. The van der Waals surface area contributed by atoms with Gasteiger partial charge in [0.2, 0.25) is 6.79 Å². The molecule has 0 fully saturated rings. The van der Waals surface area contributed by atoms with Crippen molar-refractivity contribution >= 4 is 39.4 Å². The van der Waals surface area contributed by atoms with E-state index in [0.29, 0.717) is 0 Å². The summed E-state index contributed by atoms with van der Waals surface area (Å²) in [5.41, 5.74) is 7.74. The highest BCUT2D eigenvalue weighted by Crippen LogP contribution is 2.33. The Hall–Kier alpha value is -2.79. The van der Waals surface area contributed by atoms with Crippen LogP contribution in [0.4, 0.5) is 0 Å². The molecule has 0 spiro atoms. The Bertz CT molecular complexity index is 943. The van der Waals surface area contributed by atoms with E-state index in [1.807, 2.05) is 42.5 Å². The van der Waals surface area contributed by atoms with E-state index < -0.39 is 0 Å². The highest BCUT2D eigenvalue weighted by molar-refractivity contribution is 7.20. The first-order chi connectivity index (χ1) is 11.2. The number of hydrogen-bond acceptors (Lipinski definition) is 4. The highest BCUT2D eigenvalue weighted by Gasteiger charge is 2.12. The van der Waals surface area contributed by atoms with Gasteiger partial charge in [-0.2, -0.15) is 0 Å². The lowest BCUT2D eigenvalue weighted by atomic mass is 10.1. The third kappa shape index (κ3) is 2.55. The van der Waals surface area contributed by atoms with Gasteiger partial charge in [-0.25, -0.2) is 0 Å². The van der Waals surface area contributed by atoms with Gasteiger partial charge in [-0.1, -0.05) is 30.4 Å². The van der Waals surface area contributed by atoms with Gasteiger partial charge in [0, 0.05) is 10.1 Å². The predicted molar refractivity (Wildman–Crippen MR) is 94.3 cm³/mol. The summed E-state index contributed by atoms with van der Waals surface area (Å²) in [7, 11) is 0. The molecule has 5 heteroatoms. The van der Waals surface area contributed by atoms with E-state index in [1.165, 1.54) is 11.3 Å². The van der Waals surface area contributed by atoms with Crippen molar-refractivity contribution in [2.45, 2.75) is 0 Å². The van der Waals surface area contributed by atoms with Crippen LogP contribution in [-0.4, -0.2) is 12.6 Å². The molecular weight excluding hydrogens is 308 g/mol. The van der Waals surface area contributed by atoms with Crippen LogP contribution in [-0.2, 0) is 0 Å². The van der Waals surface area contributed by atoms with Crippen molar-refractivity contribution in [2.24, 2.45) is 5.73 Å². The number of nitrogens with two attached hydrogens (primary N) is 1. The normalized spacial score (nSPS) is 13.0. The second-order valence-electron chi connectivity index (χ2n) is 5.23. The van der Waals surface area contributed by atoms with Crippen LogP contribution in [0.3, 0.4) is 0 Å². The molecule has 3 N–H and O–H groups in total. The molecule has 4 nitrogen and oxygen atoms in total. The molecule has 2 heterocycles. The van der Waals surface area contributed by atoms with Crippen molar-refractivity contribution < 1.29 is 9.47 Å². The summed E-state index contributed by atoms with van der Waals surface area (Å²) >= 11 is 1.54. The summed E-state index contributed by atoms with van der Waals surface area (Å²) in [4.78, 5) is 0.795. The van der Waals surface area contributed by atoms with Gasteiger partial charge in [0.05, 0.1) is 4.88 Å². The number of fused-ring (bicyclic) bond motifs is 2. The number of nitrogen functional groups attached to an aromatic ring is 1. The second kappa shape index (κ2) is 5.44. The predicted octanol–water partition coefficient (Wildman–Crippen LogP) is 4.08. The minimum atomic E-state index is 0.108. The van der Waals surface area contributed by atoms with Crippen LogP contribution in [0.5, 0.6) is 11.5 Å². The first kappa shape index (κ1) is 13.8. The highest BCUT2D eigenvalue weighted by atomic mass is 32.1. The monoisotopic (exact) mass is 322 g/mol. The number of ether oxygens (including phenoxy) is 2. The molecule has 0 saturated heterocycles. The van der Waals surface area contributed by atoms with E-state index in [0.717, 1.165) is 37.6 Å². The summed E-state index contributed by atoms with van der Waals surface area (Å²) in [5.74, 6) is 1.67. The van der Waals surface area contributed by atoms with Gasteiger partial charge in [0.25, 0.3) is 0 Å². The fourth-order valence-electron chi connectivity index (χ4n) is 2.56. The molecule has 3 aromatic rings. The Labute approximate surface area is 137 Å². The Kier molecular flexibility index (Phi) is 3.28. The summed E-state index contributed by atoms with van der Waals surface area (Å²) in [6.07, 6.45) is 4.11. The maximum absolute atomic E-state index is 7.59. The molecule has 2 aromatic carbocycles. The lowest BCUT2D eigenvalue weighted by Gasteiger charge is -1.99. The smallest absolute Gasteiger partial charge is 0.231 e. The number of nitrogens with one attached hydrogen (secondary N) is 1. The van der Waals surface area contributed by atoms with Crippen LogP contribution in [0, 0.1) is 5.41 Å². The molecule has 0 atom stereocenters. The minimum Gasteiger partial charge on any atom is -0.454 e. The summed E-state index contributed by atoms with van der Waals surface area (Å²) in [5, 5.41) is 8.70. The molecule has 0 amide bonds. The maximum Gasteiger partial charge on any atom is 0.231 e. The van der Waals surface area contributed by atoms with Gasteiger partial charge in [0.1, 0.15) is 5.84 Å². The maximum atomic E-state index is 7.59. The summed E-state index contributed by atoms with van der Waals surface area (Å²) in [6.45, 7) is 0.282.